The molecule has 0 aliphatic carbocycles. The number of para-hydroxylation sites is 1. The van der Waals surface area contributed by atoms with E-state index in [0.29, 0.717) is 0 Å². The van der Waals surface area contributed by atoms with E-state index in [2.05, 4.69) is 36.2 Å². The molecule has 0 bridgehead atoms. The van der Waals surface area contributed by atoms with E-state index in [9.17, 15) is 10.1 Å². The molecule has 0 saturated heterocycles. The first kappa shape index (κ1) is 16.8. The highest BCUT2D eigenvalue weighted by molar-refractivity contribution is 5.97. The Morgan fingerprint density at radius 3 is 2.57 bits per heavy atom. The van der Waals surface area contributed by atoms with Gasteiger partial charge in [-0.15, -0.1) is 0 Å². The average molecular weight is 309 g/mol. The second-order valence-electron chi connectivity index (χ2n) is 6.57. The molecule has 120 valence electrons. The van der Waals surface area contributed by atoms with Gasteiger partial charge in [0.25, 0.3) is 5.91 Å². The van der Waals surface area contributed by atoms with E-state index in [-0.39, 0.29) is 22.9 Å². The van der Waals surface area contributed by atoms with Gasteiger partial charge >= 0.3 is 0 Å². The van der Waals surface area contributed by atoms with Crippen LogP contribution in [0.15, 0.2) is 47.7 Å². The van der Waals surface area contributed by atoms with Gasteiger partial charge in [-0.1, -0.05) is 32.0 Å². The maximum atomic E-state index is 12.0. The minimum atomic E-state index is -0.338. The Morgan fingerprint density at radius 1 is 1.35 bits per heavy atom. The number of allylic oxidation sites excluding steroid dienone is 3. The highest BCUT2D eigenvalue weighted by atomic mass is 16.1. The molecule has 0 radical (unpaired) electrons. The number of hydrogen-bond donors (Lipinski definition) is 1. The van der Waals surface area contributed by atoms with Crippen LogP contribution in [0.1, 0.15) is 33.3 Å². The number of nitriles is 1. The molecule has 0 atom stereocenters. The van der Waals surface area contributed by atoms with Crippen LogP contribution in [0.5, 0.6) is 0 Å². The van der Waals surface area contributed by atoms with Crippen molar-refractivity contribution < 1.29 is 4.79 Å². The largest absolute Gasteiger partial charge is 0.349 e. The summed E-state index contributed by atoms with van der Waals surface area (Å²) in [5.74, 6) is -0.338. The monoisotopic (exact) mass is 309 g/mol. The minimum Gasteiger partial charge on any atom is -0.349 e. The molecular weight excluding hydrogens is 286 g/mol. The maximum absolute atomic E-state index is 12.0. The quantitative estimate of drug-likeness (QED) is 0.688. The normalized spacial score (nSPS) is 18.0. The summed E-state index contributed by atoms with van der Waals surface area (Å²) in [4.78, 5) is 14.1. The van der Waals surface area contributed by atoms with Crippen LogP contribution in [0.3, 0.4) is 0 Å². The van der Waals surface area contributed by atoms with Crippen LogP contribution in [0.25, 0.3) is 0 Å². The van der Waals surface area contributed by atoms with Crippen molar-refractivity contribution in [1.82, 2.24) is 5.32 Å². The number of amides is 1. The lowest BCUT2D eigenvalue weighted by atomic mass is 9.83. The number of anilines is 1. The van der Waals surface area contributed by atoms with Gasteiger partial charge in [-0.3, -0.25) is 4.79 Å². The third-order valence-electron chi connectivity index (χ3n) is 4.13. The average Bonchev–Trinajstić information content (AvgIpc) is 2.68. The molecule has 0 fully saturated rings. The van der Waals surface area contributed by atoms with Gasteiger partial charge in [-0.25, -0.2) is 0 Å². The lowest BCUT2D eigenvalue weighted by Gasteiger charge is -2.23. The van der Waals surface area contributed by atoms with Crippen LogP contribution in [-0.2, 0) is 10.2 Å². The van der Waals surface area contributed by atoms with Gasteiger partial charge in [-0.2, -0.15) is 5.26 Å². The number of carbonyl (C=O) groups excluding carboxylic acids is 1. The van der Waals surface area contributed by atoms with Crippen molar-refractivity contribution in [1.29, 1.82) is 5.26 Å². The summed E-state index contributed by atoms with van der Waals surface area (Å²) < 4.78 is 0. The Morgan fingerprint density at radius 2 is 2.00 bits per heavy atom. The second kappa shape index (κ2) is 6.29. The third-order valence-corrected chi connectivity index (χ3v) is 4.13. The molecule has 0 saturated carbocycles. The fourth-order valence-electron chi connectivity index (χ4n) is 2.97. The molecule has 1 aliphatic rings. The summed E-state index contributed by atoms with van der Waals surface area (Å²) in [7, 11) is 2.01. The van der Waals surface area contributed by atoms with Crippen LogP contribution in [0.4, 0.5) is 5.69 Å². The van der Waals surface area contributed by atoms with E-state index in [1.165, 1.54) is 5.56 Å². The minimum absolute atomic E-state index is 0.00162. The van der Waals surface area contributed by atoms with E-state index in [1.54, 1.807) is 6.08 Å². The van der Waals surface area contributed by atoms with Gasteiger partial charge in [0.1, 0.15) is 11.6 Å². The molecule has 4 nitrogen and oxygen atoms in total. The van der Waals surface area contributed by atoms with Crippen LogP contribution < -0.4 is 10.2 Å². The summed E-state index contributed by atoms with van der Waals surface area (Å²) in [5, 5.41) is 12.0. The molecule has 1 amide bonds. The molecule has 23 heavy (non-hydrogen) atoms. The van der Waals surface area contributed by atoms with Crippen LogP contribution in [0, 0.1) is 11.3 Å². The first-order chi connectivity index (χ1) is 10.8. The lowest BCUT2D eigenvalue weighted by molar-refractivity contribution is -0.117. The van der Waals surface area contributed by atoms with Crippen LogP contribution in [-0.4, -0.2) is 19.0 Å². The van der Waals surface area contributed by atoms with Crippen molar-refractivity contribution in [2.75, 3.05) is 11.9 Å². The summed E-state index contributed by atoms with van der Waals surface area (Å²) in [6, 6.07) is 10.2. The standard InChI is InChI=1S/C19H23N3O/c1-13(2)21-18(23)14(12-20)10-11-17-19(3,4)15-8-6-7-9-16(15)22(17)5/h6-11,13H,1-5H3,(H,21,23)/b14-10+,17-11+. The Hall–Kier alpha value is -2.54. The maximum Gasteiger partial charge on any atom is 0.262 e. The first-order valence-corrected chi connectivity index (χ1v) is 7.75. The van der Waals surface area contributed by atoms with Crippen molar-refractivity contribution in [3.05, 3.63) is 53.3 Å². The Labute approximate surface area is 138 Å². The predicted octanol–water partition coefficient (Wildman–Crippen LogP) is 3.27. The van der Waals surface area contributed by atoms with Gasteiger partial charge in [0, 0.05) is 29.9 Å². The van der Waals surface area contributed by atoms with Gasteiger partial charge < -0.3 is 10.2 Å². The van der Waals surface area contributed by atoms with Crippen molar-refractivity contribution in [3.8, 4) is 6.07 Å². The number of fused-ring (bicyclic) bond motifs is 1. The number of likely N-dealkylation sites (N-methyl/N-ethyl adjacent to an activating group) is 1. The molecule has 0 aromatic heterocycles. The molecule has 4 heteroatoms. The van der Waals surface area contributed by atoms with E-state index < -0.39 is 0 Å². The van der Waals surface area contributed by atoms with E-state index >= 15 is 0 Å². The summed E-state index contributed by atoms with van der Waals surface area (Å²) >= 11 is 0. The summed E-state index contributed by atoms with van der Waals surface area (Å²) in [5.41, 5.74) is 3.40. The zero-order valence-corrected chi connectivity index (χ0v) is 14.3. The van der Waals surface area contributed by atoms with Crippen LogP contribution >= 0.6 is 0 Å². The van der Waals surface area contributed by atoms with Crippen molar-refractivity contribution >= 4 is 11.6 Å². The molecule has 1 aromatic rings. The highest BCUT2D eigenvalue weighted by Crippen LogP contribution is 2.46. The van der Waals surface area contributed by atoms with Gasteiger partial charge in [-0.05, 0) is 37.6 Å². The topological polar surface area (TPSA) is 56.1 Å². The van der Waals surface area contributed by atoms with E-state index in [1.807, 2.05) is 45.2 Å². The highest BCUT2D eigenvalue weighted by Gasteiger charge is 2.37. The zero-order chi connectivity index (χ0) is 17.2. The number of hydrogen-bond acceptors (Lipinski definition) is 3. The fourth-order valence-corrected chi connectivity index (χ4v) is 2.97. The molecule has 1 N–H and O–H groups in total. The van der Waals surface area contributed by atoms with Crippen molar-refractivity contribution in [3.63, 3.8) is 0 Å². The Kier molecular flexibility index (Phi) is 4.60. The van der Waals surface area contributed by atoms with Crippen LogP contribution in [0.2, 0.25) is 0 Å². The van der Waals surface area contributed by atoms with Gasteiger partial charge in [0.05, 0.1) is 0 Å². The molecule has 1 aliphatic heterocycles. The molecule has 1 aromatic carbocycles. The molecule has 0 spiro atoms. The van der Waals surface area contributed by atoms with Gasteiger partial charge in [0.15, 0.2) is 0 Å². The summed E-state index contributed by atoms with van der Waals surface area (Å²) in [6.45, 7) is 8.04. The van der Waals surface area contributed by atoms with E-state index in [4.69, 9.17) is 0 Å². The Balaban J connectivity index is 2.39. The number of carbonyl (C=O) groups is 1. The number of benzene rings is 1. The third kappa shape index (κ3) is 3.14. The zero-order valence-electron chi connectivity index (χ0n) is 14.3. The number of rotatable bonds is 3. The lowest BCUT2D eigenvalue weighted by Crippen LogP contribution is -2.31. The van der Waals surface area contributed by atoms with Gasteiger partial charge in [0.2, 0.25) is 0 Å². The number of nitrogens with zero attached hydrogens (tertiary/aromatic N) is 2. The SMILES string of the molecule is CC(C)NC(=O)/C(C#N)=C/C=C1/N(C)c2ccccc2C1(C)C. The summed E-state index contributed by atoms with van der Waals surface area (Å²) in [6.07, 6.45) is 3.48. The van der Waals surface area contributed by atoms with Crippen molar-refractivity contribution in [2.45, 2.75) is 39.2 Å². The van der Waals surface area contributed by atoms with E-state index in [0.717, 1.165) is 11.4 Å². The molecule has 1 heterocycles. The predicted molar refractivity (Wildman–Crippen MR) is 92.9 cm³/mol. The first-order valence-electron chi connectivity index (χ1n) is 7.75. The smallest absolute Gasteiger partial charge is 0.262 e. The molecule has 2 rings (SSSR count). The van der Waals surface area contributed by atoms with Crippen molar-refractivity contribution in [2.24, 2.45) is 0 Å². The molecular formula is C19H23N3O. The Bertz CT molecular complexity index is 720. The number of nitrogens with one attached hydrogen (secondary N) is 1. The second-order valence-corrected chi connectivity index (χ2v) is 6.57. The molecule has 0 unspecified atom stereocenters. The fraction of sp³-hybridized carbons (Fsp3) is 0.368.